The Morgan fingerprint density at radius 2 is 1.81 bits per heavy atom. The van der Waals surface area contributed by atoms with Crippen molar-refractivity contribution in [2.75, 3.05) is 32.7 Å². The third-order valence-corrected chi connectivity index (χ3v) is 8.65. The van der Waals surface area contributed by atoms with Gasteiger partial charge in [-0.15, -0.1) is 0 Å². The van der Waals surface area contributed by atoms with E-state index in [1.807, 2.05) is 4.90 Å². The van der Waals surface area contributed by atoms with E-state index < -0.39 is 54.1 Å². The molecule has 0 unspecified atom stereocenters. The predicted molar refractivity (Wildman–Crippen MR) is 145 cm³/mol. The number of nitrogens with one attached hydrogen (secondary N) is 3. The second-order valence-electron chi connectivity index (χ2n) is 11.5. The molecule has 4 saturated heterocycles. The molecule has 4 aliphatic heterocycles. The van der Waals surface area contributed by atoms with Crippen molar-refractivity contribution in [3.8, 4) is 0 Å². The number of halogens is 1. The molecule has 4 fully saturated rings. The first-order valence-electron chi connectivity index (χ1n) is 14.3. The topological polar surface area (TPSA) is 180 Å². The van der Waals surface area contributed by atoms with Gasteiger partial charge in [0.05, 0.1) is 31.4 Å². The lowest BCUT2D eigenvalue weighted by atomic mass is 10.0. The fourth-order valence-electron chi connectivity index (χ4n) is 6.40. The summed E-state index contributed by atoms with van der Waals surface area (Å²) in [5.41, 5.74) is 0.979. The molecule has 4 amide bonds. The molecule has 1 aromatic heterocycles. The first-order chi connectivity index (χ1) is 20.7. The van der Waals surface area contributed by atoms with E-state index in [1.54, 1.807) is 11.1 Å². The Kier molecular flexibility index (Phi) is 8.13. The number of hydrogen-bond donors (Lipinski definition) is 5. The number of aliphatic hydroxyl groups excluding tert-OH is 2. The van der Waals surface area contributed by atoms with Crippen molar-refractivity contribution >= 4 is 23.6 Å². The largest absolute Gasteiger partial charge is 0.388 e. The van der Waals surface area contributed by atoms with Gasteiger partial charge in [0.25, 0.3) is 5.91 Å². The molecule has 4 aliphatic rings. The summed E-state index contributed by atoms with van der Waals surface area (Å²) in [4.78, 5) is 65.9. The summed E-state index contributed by atoms with van der Waals surface area (Å²) in [6.07, 6.45) is -1.39. The van der Waals surface area contributed by atoms with Gasteiger partial charge in [-0.3, -0.25) is 24.1 Å². The molecule has 14 nitrogen and oxygen atoms in total. The van der Waals surface area contributed by atoms with Crippen molar-refractivity contribution in [1.29, 1.82) is 0 Å². The molecule has 0 aliphatic carbocycles. The minimum atomic E-state index is -1.35. The van der Waals surface area contributed by atoms with Gasteiger partial charge in [0.15, 0.2) is 0 Å². The summed E-state index contributed by atoms with van der Waals surface area (Å²) >= 11 is 0. The molecular weight excluding hydrogens is 565 g/mol. The van der Waals surface area contributed by atoms with Gasteiger partial charge in [0.2, 0.25) is 17.7 Å². The molecule has 6 bridgehead atoms. The van der Waals surface area contributed by atoms with Crippen LogP contribution in [0.2, 0.25) is 0 Å². The second-order valence-corrected chi connectivity index (χ2v) is 11.5. The smallest absolute Gasteiger partial charge is 0.254 e. The average molecular weight is 600 g/mol. The van der Waals surface area contributed by atoms with Gasteiger partial charge in [-0.2, -0.15) is 0 Å². The number of amides is 4. The summed E-state index contributed by atoms with van der Waals surface area (Å²) in [5.74, 6) is -2.19. The molecule has 0 saturated carbocycles. The Morgan fingerprint density at radius 1 is 1.05 bits per heavy atom. The Bertz CT molecular complexity index is 1360. The number of benzene rings is 1. The zero-order valence-corrected chi connectivity index (χ0v) is 23.3. The zero-order valence-electron chi connectivity index (χ0n) is 23.3. The summed E-state index contributed by atoms with van der Waals surface area (Å²) in [6, 6.07) is 2.92. The van der Waals surface area contributed by atoms with Gasteiger partial charge in [-0.05, 0) is 30.7 Å². The van der Waals surface area contributed by atoms with E-state index in [1.165, 1.54) is 23.4 Å². The second kappa shape index (κ2) is 12.0. The minimum Gasteiger partial charge on any atom is -0.388 e. The third-order valence-electron chi connectivity index (χ3n) is 8.65. The average Bonchev–Trinajstić information content (AvgIpc) is 3.72. The maximum absolute atomic E-state index is 14.0. The van der Waals surface area contributed by atoms with E-state index >= 15 is 0 Å². The van der Waals surface area contributed by atoms with E-state index in [0.29, 0.717) is 19.5 Å². The van der Waals surface area contributed by atoms with E-state index in [4.69, 9.17) is 4.74 Å². The normalized spacial score (nSPS) is 32.1. The van der Waals surface area contributed by atoms with Crippen LogP contribution in [0.4, 0.5) is 4.39 Å². The van der Waals surface area contributed by atoms with Crippen molar-refractivity contribution in [3.05, 3.63) is 53.9 Å². The van der Waals surface area contributed by atoms with Crippen LogP contribution in [-0.2, 0) is 25.7 Å². The number of nitrogens with zero attached hydrogens (tertiary/aromatic N) is 4. The molecule has 7 atom stereocenters. The standard InChI is InChI=1S/C28H34FN7O7/c29-16-3-1-15(2-4-16)27(41)36-6-5-34-13-20(36)26(40)31-10-22-25(39)24(38)21(43-22)8-23(37)33-17-7-19(28(34)42)35(11-17)12-18-9-30-14-32-18/h1-4,9,14,17,19-22,24-25,38-39H,5-8,10-13H2,(H,30,32)(H,31,40)(H,33,37)/t17-,19-,20-,21-,22+,24-,25+/m0/s1. The molecule has 230 valence electrons. The number of aromatic amines is 1. The molecule has 43 heavy (non-hydrogen) atoms. The van der Waals surface area contributed by atoms with Crippen LogP contribution in [0.25, 0.3) is 0 Å². The Hall–Kier alpha value is -3.92. The lowest BCUT2D eigenvalue weighted by Gasteiger charge is -2.42. The highest BCUT2D eigenvalue weighted by Crippen LogP contribution is 2.27. The van der Waals surface area contributed by atoms with Crippen LogP contribution < -0.4 is 10.6 Å². The maximum Gasteiger partial charge on any atom is 0.254 e. The van der Waals surface area contributed by atoms with Crippen molar-refractivity contribution < 1.29 is 38.5 Å². The number of carbonyl (C=O) groups excluding carboxylic acids is 4. The summed E-state index contributed by atoms with van der Waals surface area (Å²) in [6.45, 7) is 0.668. The lowest BCUT2D eigenvalue weighted by Crippen LogP contribution is -2.63. The van der Waals surface area contributed by atoms with Crippen LogP contribution in [0.15, 0.2) is 36.8 Å². The van der Waals surface area contributed by atoms with Gasteiger partial charge < -0.3 is 40.4 Å². The Balaban J connectivity index is 1.29. The summed E-state index contributed by atoms with van der Waals surface area (Å²) in [7, 11) is 0. The minimum absolute atomic E-state index is 0.0524. The SMILES string of the molecule is O=C1C[C@@H]2O[C@H](CNC(=O)[C@@H]3CN(CCN3C(=O)c3ccc(F)cc3)C(=O)[C@@H]3C[C@@H](CN3Cc3cnc[nH]3)N1)[C@@H](O)[C@H]2O. The number of aromatic nitrogens is 2. The fraction of sp³-hybridized carbons (Fsp3) is 0.536. The van der Waals surface area contributed by atoms with Crippen LogP contribution in [0, 0.1) is 5.82 Å². The maximum atomic E-state index is 14.0. The van der Waals surface area contributed by atoms with E-state index in [9.17, 15) is 33.8 Å². The van der Waals surface area contributed by atoms with Crippen LogP contribution in [0.5, 0.6) is 0 Å². The number of rotatable bonds is 3. The van der Waals surface area contributed by atoms with Gasteiger partial charge in [-0.25, -0.2) is 9.37 Å². The van der Waals surface area contributed by atoms with Crippen LogP contribution in [0.1, 0.15) is 28.9 Å². The highest BCUT2D eigenvalue weighted by Gasteiger charge is 2.47. The zero-order chi connectivity index (χ0) is 30.2. The number of H-pyrrole nitrogens is 1. The highest BCUT2D eigenvalue weighted by molar-refractivity contribution is 5.98. The van der Waals surface area contributed by atoms with Crippen molar-refractivity contribution in [1.82, 2.24) is 35.3 Å². The number of fused-ring (bicyclic) bond motifs is 6. The van der Waals surface area contributed by atoms with Crippen LogP contribution >= 0.6 is 0 Å². The first-order valence-corrected chi connectivity index (χ1v) is 14.3. The predicted octanol–water partition coefficient (Wildman–Crippen LogP) is -2.03. The van der Waals surface area contributed by atoms with Crippen LogP contribution in [0.3, 0.4) is 0 Å². The molecule has 0 spiro atoms. The van der Waals surface area contributed by atoms with E-state index in [0.717, 1.165) is 17.8 Å². The number of likely N-dealkylation sites (tertiary alicyclic amines) is 1. The van der Waals surface area contributed by atoms with Gasteiger partial charge in [0.1, 0.15) is 30.2 Å². The number of piperazine rings is 1. The van der Waals surface area contributed by atoms with E-state index in [-0.39, 0.29) is 56.0 Å². The van der Waals surface area contributed by atoms with Crippen molar-refractivity contribution in [2.24, 2.45) is 0 Å². The summed E-state index contributed by atoms with van der Waals surface area (Å²) in [5, 5.41) is 26.8. The number of hydrogen-bond acceptors (Lipinski definition) is 9. The molecule has 5 heterocycles. The Morgan fingerprint density at radius 3 is 2.56 bits per heavy atom. The van der Waals surface area contributed by atoms with Gasteiger partial charge in [-0.1, -0.05) is 0 Å². The lowest BCUT2D eigenvalue weighted by molar-refractivity contribution is -0.141. The number of imidazole rings is 1. The van der Waals surface area contributed by atoms with Gasteiger partial charge in [0, 0.05) is 56.2 Å². The number of carbonyl (C=O) groups is 4. The van der Waals surface area contributed by atoms with Crippen molar-refractivity contribution in [3.63, 3.8) is 0 Å². The molecule has 15 heteroatoms. The Labute approximate surface area is 246 Å². The fourth-order valence-corrected chi connectivity index (χ4v) is 6.40. The summed E-state index contributed by atoms with van der Waals surface area (Å²) < 4.78 is 19.3. The van der Waals surface area contributed by atoms with Crippen molar-refractivity contribution in [2.45, 2.75) is 61.9 Å². The molecule has 6 rings (SSSR count). The molecular formula is C28H34FN7O7. The molecule has 2 aromatic rings. The quantitative estimate of drug-likeness (QED) is 0.266. The number of aliphatic hydroxyl groups is 2. The molecule has 1 aromatic carbocycles. The van der Waals surface area contributed by atoms with Crippen LogP contribution in [-0.4, -0.2) is 134 Å². The molecule has 5 N–H and O–H groups in total. The first kappa shape index (κ1) is 29.2. The monoisotopic (exact) mass is 599 g/mol. The number of ether oxygens (including phenoxy) is 1. The van der Waals surface area contributed by atoms with E-state index in [2.05, 4.69) is 20.6 Å². The highest BCUT2D eigenvalue weighted by atomic mass is 19.1. The molecule has 0 radical (unpaired) electrons. The van der Waals surface area contributed by atoms with Gasteiger partial charge >= 0.3 is 0 Å². The third kappa shape index (κ3) is 5.98.